The first-order valence-corrected chi connectivity index (χ1v) is 5.31. The Labute approximate surface area is 108 Å². The van der Waals surface area contributed by atoms with Crippen molar-refractivity contribution in [2.45, 2.75) is 12.8 Å². The van der Waals surface area contributed by atoms with Crippen LogP contribution in [0.1, 0.15) is 5.56 Å². The third kappa shape index (κ3) is 3.92. The number of nitriles is 1. The Bertz CT molecular complexity index is 457. The molecule has 0 N–H and O–H groups in total. The van der Waals surface area contributed by atoms with Crippen LogP contribution in [0.5, 0.6) is 11.6 Å². The van der Waals surface area contributed by atoms with Crippen molar-refractivity contribution in [3.05, 3.63) is 15.3 Å². The van der Waals surface area contributed by atoms with E-state index in [9.17, 15) is 13.2 Å². The maximum Gasteiger partial charge on any atom is 0.574 e. The molecule has 0 unspecified atom stereocenters. The minimum atomic E-state index is -4.83. The Balaban J connectivity index is 3.15. The van der Waals surface area contributed by atoms with Gasteiger partial charge in [0.25, 0.3) is 5.88 Å². The molecule has 4 nitrogen and oxygen atoms in total. The van der Waals surface area contributed by atoms with E-state index < -0.39 is 12.2 Å². The van der Waals surface area contributed by atoms with Gasteiger partial charge in [-0.3, -0.25) is 0 Å². The molecule has 1 heterocycles. The maximum atomic E-state index is 12.1. The van der Waals surface area contributed by atoms with E-state index in [1.54, 1.807) is 22.6 Å². The van der Waals surface area contributed by atoms with E-state index in [0.29, 0.717) is 5.56 Å². The summed E-state index contributed by atoms with van der Waals surface area (Å²) in [4.78, 5) is 3.62. The zero-order valence-corrected chi connectivity index (χ0v) is 10.7. The summed E-state index contributed by atoms with van der Waals surface area (Å²) < 4.78 is 44.9. The molecule has 0 atom stereocenters. The number of hydrogen-bond donors (Lipinski definition) is 0. The summed E-state index contributed by atoms with van der Waals surface area (Å²) in [5.74, 6) is -0.820. The predicted octanol–water partition coefficient (Wildman–Crippen LogP) is 2.66. The highest BCUT2D eigenvalue weighted by molar-refractivity contribution is 14.1. The minimum absolute atomic E-state index is 0.0356. The summed E-state index contributed by atoms with van der Waals surface area (Å²) in [6.45, 7) is 0. The average Bonchev–Trinajstić information content (AvgIpc) is 2.20. The molecule has 0 fully saturated rings. The van der Waals surface area contributed by atoms with E-state index in [1.807, 2.05) is 6.07 Å². The summed E-state index contributed by atoms with van der Waals surface area (Å²) in [6.07, 6.45) is -4.80. The van der Waals surface area contributed by atoms with Gasteiger partial charge in [-0.05, 0) is 28.7 Å². The van der Waals surface area contributed by atoms with Gasteiger partial charge in [-0.1, -0.05) is 0 Å². The molecule has 0 bridgehead atoms. The summed E-state index contributed by atoms with van der Waals surface area (Å²) in [7, 11) is 1.20. The van der Waals surface area contributed by atoms with Gasteiger partial charge in [0.15, 0.2) is 5.75 Å². The molecule has 8 heteroatoms. The van der Waals surface area contributed by atoms with E-state index in [4.69, 9.17) is 10.00 Å². The van der Waals surface area contributed by atoms with E-state index in [-0.39, 0.29) is 15.9 Å². The molecular weight excluding hydrogens is 352 g/mol. The summed E-state index contributed by atoms with van der Waals surface area (Å²) >= 11 is 1.73. The standard InChI is InChI=1S/C9H6F3IN2O2/c1-16-6-4-5(2-3-14)7(13)15-8(6)17-9(10,11)12/h4H,2H2,1H3. The number of nitrogens with zero attached hydrogens (tertiary/aromatic N) is 2. The molecule has 1 aromatic heterocycles. The highest BCUT2D eigenvalue weighted by atomic mass is 127. The zero-order chi connectivity index (χ0) is 13.1. The molecule has 0 saturated carbocycles. The van der Waals surface area contributed by atoms with E-state index >= 15 is 0 Å². The molecule has 0 aliphatic rings. The van der Waals surface area contributed by atoms with Crippen molar-refractivity contribution in [1.82, 2.24) is 4.98 Å². The lowest BCUT2D eigenvalue weighted by Gasteiger charge is -2.12. The normalized spacial score (nSPS) is 10.8. The first-order chi connectivity index (χ1) is 7.87. The Morgan fingerprint density at radius 2 is 2.18 bits per heavy atom. The van der Waals surface area contributed by atoms with Crippen molar-refractivity contribution in [3.63, 3.8) is 0 Å². The van der Waals surface area contributed by atoms with Crippen LogP contribution in [-0.2, 0) is 6.42 Å². The van der Waals surface area contributed by atoms with Crippen LogP contribution in [0.2, 0.25) is 0 Å². The molecule has 0 spiro atoms. The fourth-order valence-corrected chi connectivity index (χ4v) is 1.60. The van der Waals surface area contributed by atoms with Gasteiger partial charge in [-0.15, -0.1) is 13.2 Å². The Hall–Kier alpha value is -1.24. The SMILES string of the molecule is COc1cc(CC#N)c(I)nc1OC(F)(F)F. The number of aromatic nitrogens is 1. The van der Waals surface area contributed by atoms with Crippen LogP contribution in [0.4, 0.5) is 13.2 Å². The minimum Gasteiger partial charge on any atom is -0.491 e. The fraction of sp³-hybridized carbons (Fsp3) is 0.333. The molecule has 0 saturated heterocycles. The maximum absolute atomic E-state index is 12.1. The van der Waals surface area contributed by atoms with Crippen molar-refractivity contribution < 1.29 is 22.6 Å². The lowest BCUT2D eigenvalue weighted by atomic mass is 10.2. The third-order valence-electron chi connectivity index (χ3n) is 1.68. The van der Waals surface area contributed by atoms with Gasteiger partial charge in [-0.25, -0.2) is 4.98 Å². The average molecular weight is 358 g/mol. The quantitative estimate of drug-likeness (QED) is 0.616. The summed E-state index contributed by atoms with van der Waals surface area (Å²) in [5.41, 5.74) is 0.486. The smallest absolute Gasteiger partial charge is 0.491 e. The highest BCUT2D eigenvalue weighted by Crippen LogP contribution is 2.32. The topological polar surface area (TPSA) is 55.1 Å². The Kier molecular flexibility index (Phi) is 4.39. The van der Waals surface area contributed by atoms with Crippen LogP contribution >= 0.6 is 22.6 Å². The molecule has 0 radical (unpaired) electrons. The van der Waals surface area contributed by atoms with Crippen molar-refractivity contribution in [1.29, 1.82) is 5.26 Å². The van der Waals surface area contributed by atoms with Gasteiger partial charge >= 0.3 is 6.36 Å². The van der Waals surface area contributed by atoms with Gasteiger partial charge in [0.05, 0.1) is 19.6 Å². The first kappa shape index (κ1) is 13.8. The molecule has 0 aliphatic carbocycles. The van der Waals surface area contributed by atoms with Crippen molar-refractivity contribution in [2.24, 2.45) is 0 Å². The lowest BCUT2D eigenvalue weighted by Crippen LogP contribution is -2.19. The number of halogens is 4. The Morgan fingerprint density at radius 1 is 1.53 bits per heavy atom. The number of methoxy groups -OCH3 is 1. The van der Waals surface area contributed by atoms with Crippen LogP contribution in [0.15, 0.2) is 6.07 Å². The zero-order valence-electron chi connectivity index (χ0n) is 8.51. The van der Waals surface area contributed by atoms with Crippen LogP contribution in [0, 0.1) is 15.0 Å². The first-order valence-electron chi connectivity index (χ1n) is 4.23. The van der Waals surface area contributed by atoms with E-state index in [2.05, 4.69) is 9.72 Å². The molecule has 92 valence electrons. The van der Waals surface area contributed by atoms with E-state index in [1.165, 1.54) is 13.2 Å². The molecule has 0 aromatic carbocycles. The van der Waals surface area contributed by atoms with Crippen LogP contribution < -0.4 is 9.47 Å². The number of ether oxygens (including phenoxy) is 2. The lowest BCUT2D eigenvalue weighted by molar-refractivity contribution is -0.276. The molecule has 0 aliphatic heterocycles. The summed E-state index contributed by atoms with van der Waals surface area (Å²) in [5, 5.41) is 8.53. The molecular formula is C9H6F3IN2O2. The molecule has 1 aromatic rings. The monoisotopic (exact) mass is 358 g/mol. The molecule has 0 amide bonds. The third-order valence-corrected chi connectivity index (χ3v) is 2.62. The second-order valence-corrected chi connectivity index (χ2v) is 3.85. The Morgan fingerprint density at radius 3 is 2.65 bits per heavy atom. The van der Waals surface area contributed by atoms with Gasteiger partial charge in [0, 0.05) is 5.56 Å². The fourth-order valence-electron chi connectivity index (χ4n) is 1.03. The summed E-state index contributed by atoms with van der Waals surface area (Å²) in [6, 6.07) is 3.19. The van der Waals surface area contributed by atoms with Crippen LogP contribution in [0.3, 0.4) is 0 Å². The molecule has 1 rings (SSSR count). The number of rotatable bonds is 3. The van der Waals surface area contributed by atoms with Gasteiger partial charge in [0.2, 0.25) is 0 Å². The second-order valence-electron chi connectivity index (χ2n) is 2.83. The number of pyridine rings is 1. The van der Waals surface area contributed by atoms with Gasteiger partial charge < -0.3 is 9.47 Å². The van der Waals surface area contributed by atoms with Crippen LogP contribution in [0.25, 0.3) is 0 Å². The number of hydrogen-bond acceptors (Lipinski definition) is 4. The number of alkyl halides is 3. The van der Waals surface area contributed by atoms with Gasteiger partial charge in [0.1, 0.15) is 3.70 Å². The van der Waals surface area contributed by atoms with Crippen molar-refractivity contribution >= 4 is 22.6 Å². The predicted molar refractivity (Wildman–Crippen MR) is 59.5 cm³/mol. The van der Waals surface area contributed by atoms with Gasteiger partial charge in [-0.2, -0.15) is 5.26 Å². The van der Waals surface area contributed by atoms with Crippen molar-refractivity contribution in [2.75, 3.05) is 7.11 Å². The highest BCUT2D eigenvalue weighted by Gasteiger charge is 2.33. The van der Waals surface area contributed by atoms with E-state index in [0.717, 1.165) is 0 Å². The van der Waals surface area contributed by atoms with Crippen LogP contribution in [-0.4, -0.2) is 18.5 Å². The molecule has 17 heavy (non-hydrogen) atoms. The largest absolute Gasteiger partial charge is 0.574 e. The second kappa shape index (κ2) is 5.39. The van der Waals surface area contributed by atoms with Crippen molar-refractivity contribution in [3.8, 4) is 17.7 Å².